The molecule has 0 heterocycles. The van der Waals surface area contributed by atoms with Crippen LogP contribution in [0.2, 0.25) is 0 Å². The molecule has 138 valence electrons. The molecule has 6 heteroatoms. The third kappa shape index (κ3) is 6.47. The molecule has 0 atom stereocenters. The van der Waals surface area contributed by atoms with Crippen LogP contribution in [0.3, 0.4) is 0 Å². The Morgan fingerprint density at radius 3 is 1.31 bits per heavy atom. The van der Waals surface area contributed by atoms with E-state index >= 15 is 0 Å². The van der Waals surface area contributed by atoms with Gasteiger partial charge in [-0.3, -0.25) is 9.59 Å². The van der Waals surface area contributed by atoms with Gasteiger partial charge in [-0.25, -0.2) is 0 Å². The number of unbranched alkanes of at least 4 members (excludes halogenated alkanes) is 3. The predicted octanol–water partition coefficient (Wildman–Crippen LogP) is 2.82. The van der Waals surface area contributed by atoms with Crippen molar-refractivity contribution in [1.82, 2.24) is 10.6 Å². The highest BCUT2D eigenvalue weighted by Gasteiger charge is 2.05. The summed E-state index contributed by atoms with van der Waals surface area (Å²) in [6.07, 6.45) is 3.67. The van der Waals surface area contributed by atoms with Gasteiger partial charge in [0.1, 0.15) is 11.5 Å². The fourth-order valence-corrected chi connectivity index (χ4v) is 2.44. The summed E-state index contributed by atoms with van der Waals surface area (Å²) in [4.78, 5) is 23.7. The van der Waals surface area contributed by atoms with E-state index in [1.165, 1.54) is 24.3 Å². The smallest absolute Gasteiger partial charge is 0.251 e. The van der Waals surface area contributed by atoms with Gasteiger partial charge < -0.3 is 20.8 Å². The van der Waals surface area contributed by atoms with E-state index in [0.29, 0.717) is 24.2 Å². The molecule has 2 rings (SSSR count). The molecule has 0 aliphatic rings. The standard InChI is InChI=1S/C20H24N2O4/c23-17-9-5-15(6-10-17)19(25)21-13-3-1-2-4-14-22-20(26)16-7-11-18(24)12-8-16/h5-12,23-24H,1-4,13-14H2,(H,21,25)(H,22,26). The lowest BCUT2D eigenvalue weighted by atomic mass is 10.1. The highest BCUT2D eigenvalue weighted by atomic mass is 16.3. The summed E-state index contributed by atoms with van der Waals surface area (Å²) in [5, 5.41) is 24.1. The molecule has 0 saturated carbocycles. The number of amides is 2. The van der Waals surface area contributed by atoms with Crippen molar-refractivity contribution in [2.24, 2.45) is 0 Å². The SMILES string of the molecule is O=C(NCCCCCCNC(=O)c1ccc(O)cc1)c1ccc(O)cc1. The van der Waals surface area contributed by atoms with Crippen LogP contribution in [0.1, 0.15) is 46.4 Å². The molecule has 0 aromatic heterocycles. The third-order valence-electron chi connectivity index (χ3n) is 3.93. The van der Waals surface area contributed by atoms with Gasteiger partial charge in [0.25, 0.3) is 11.8 Å². The molecule has 2 aromatic rings. The van der Waals surface area contributed by atoms with Crippen molar-refractivity contribution in [1.29, 1.82) is 0 Å². The van der Waals surface area contributed by atoms with Crippen molar-refractivity contribution in [3.05, 3.63) is 59.7 Å². The fraction of sp³-hybridized carbons (Fsp3) is 0.300. The van der Waals surface area contributed by atoms with Gasteiger partial charge in [0.15, 0.2) is 0 Å². The molecule has 0 fully saturated rings. The zero-order valence-electron chi connectivity index (χ0n) is 14.6. The van der Waals surface area contributed by atoms with Gasteiger partial charge in [-0.15, -0.1) is 0 Å². The van der Waals surface area contributed by atoms with Crippen LogP contribution in [0.25, 0.3) is 0 Å². The Kier molecular flexibility index (Phi) is 7.49. The van der Waals surface area contributed by atoms with Gasteiger partial charge in [0, 0.05) is 24.2 Å². The van der Waals surface area contributed by atoms with Crippen LogP contribution in [0.5, 0.6) is 11.5 Å². The Morgan fingerprint density at radius 1 is 0.615 bits per heavy atom. The van der Waals surface area contributed by atoms with Crippen LogP contribution in [-0.4, -0.2) is 35.1 Å². The predicted molar refractivity (Wildman–Crippen MR) is 99.3 cm³/mol. The second kappa shape index (κ2) is 10.1. The first kappa shape index (κ1) is 19.3. The molecule has 0 radical (unpaired) electrons. The molecular weight excluding hydrogens is 332 g/mol. The molecule has 0 saturated heterocycles. The molecule has 2 amide bonds. The average Bonchev–Trinajstić information content (AvgIpc) is 2.64. The van der Waals surface area contributed by atoms with Gasteiger partial charge in [-0.1, -0.05) is 12.8 Å². The lowest BCUT2D eigenvalue weighted by Crippen LogP contribution is -2.25. The Balaban J connectivity index is 1.51. The maximum absolute atomic E-state index is 11.9. The second-order valence-corrected chi connectivity index (χ2v) is 6.02. The first-order valence-electron chi connectivity index (χ1n) is 8.71. The monoisotopic (exact) mass is 356 g/mol. The Bertz CT molecular complexity index is 648. The number of phenols is 2. The molecular formula is C20H24N2O4. The number of carbonyl (C=O) groups excluding carboxylic acids is 2. The van der Waals surface area contributed by atoms with Crippen LogP contribution >= 0.6 is 0 Å². The number of phenolic OH excluding ortho intramolecular Hbond substituents is 2. The van der Waals surface area contributed by atoms with Crippen LogP contribution in [0.15, 0.2) is 48.5 Å². The summed E-state index contributed by atoms with van der Waals surface area (Å²) in [6.45, 7) is 1.19. The third-order valence-corrected chi connectivity index (χ3v) is 3.93. The Hall–Kier alpha value is -3.02. The zero-order chi connectivity index (χ0) is 18.8. The van der Waals surface area contributed by atoms with Crippen LogP contribution in [0.4, 0.5) is 0 Å². The molecule has 2 aromatic carbocycles. The number of nitrogens with one attached hydrogen (secondary N) is 2. The largest absolute Gasteiger partial charge is 0.508 e. The van der Waals surface area contributed by atoms with Crippen molar-refractivity contribution in [3.8, 4) is 11.5 Å². The van der Waals surface area contributed by atoms with Crippen LogP contribution in [-0.2, 0) is 0 Å². The summed E-state index contributed by atoms with van der Waals surface area (Å²) in [7, 11) is 0. The normalized spacial score (nSPS) is 10.3. The fourth-order valence-electron chi connectivity index (χ4n) is 2.44. The summed E-state index contributed by atoms with van der Waals surface area (Å²) in [5.41, 5.74) is 1.06. The minimum atomic E-state index is -0.147. The minimum absolute atomic E-state index is 0.138. The lowest BCUT2D eigenvalue weighted by molar-refractivity contribution is 0.0943. The first-order valence-corrected chi connectivity index (χ1v) is 8.71. The van der Waals surface area contributed by atoms with Crippen molar-refractivity contribution in [2.75, 3.05) is 13.1 Å². The second-order valence-electron chi connectivity index (χ2n) is 6.02. The highest BCUT2D eigenvalue weighted by molar-refractivity contribution is 5.94. The summed E-state index contributed by atoms with van der Waals surface area (Å²) in [6, 6.07) is 12.3. The van der Waals surface area contributed by atoms with Crippen molar-refractivity contribution in [3.63, 3.8) is 0 Å². The van der Waals surface area contributed by atoms with Crippen LogP contribution < -0.4 is 10.6 Å². The van der Waals surface area contributed by atoms with Crippen molar-refractivity contribution >= 4 is 11.8 Å². The average molecular weight is 356 g/mol. The van der Waals surface area contributed by atoms with E-state index in [-0.39, 0.29) is 23.3 Å². The zero-order valence-corrected chi connectivity index (χ0v) is 14.6. The first-order chi connectivity index (χ1) is 12.6. The molecule has 6 nitrogen and oxygen atoms in total. The molecule has 0 unspecified atom stereocenters. The van der Waals surface area contributed by atoms with E-state index in [1.807, 2.05) is 0 Å². The van der Waals surface area contributed by atoms with E-state index in [1.54, 1.807) is 24.3 Å². The topological polar surface area (TPSA) is 98.7 Å². The van der Waals surface area contributed by atoms with Crippen molar-refractivity contribution < 1.29 is 19.8 Å². The summed E-state index contributed by atoms with van der Waals surface area (Å²) >= 11 is 0. The molecule has 0 aliphatic heterocycles. The minimum Gasteiger partial charge on any atom is -0.508 e. The van der Waals surface area contributed by atoms with E-state index in [2.05, 4.69) is 10.6 Å². The van der Waals surface area contributed by atoms with Gasteiger partial charge in [-0.05, 0) is 61.4 Å². The number of carbonyl (C=O) groups is 2. The van der Waals surface area contributed by atoms with Crippen molar-refractivity contribution in [2.45, 2.75) is 25.7 Å². The lowest BCUT2D eigenvalue weighted by Gasteiger charge is -2.07. The van der Waals surface area contributed by atoms with E-state index in [9.17, 15) is 19.8 Å². The summed E-state index contributed by atoms with van der Waals surface area (Å²) in [5.74, 6) is -0.0181. The van der Waals surface area contributed by atoms with Crippen LogP contribution in [0, 0.1) is 0 Å². The van der Waals surface area contributed by atoms with Gasteiger partial charge in [0.05, 0.1) is 0 Å². The Morgan fingerprint density at radius 2 is 0.962 bits per heavy atom. The van der Waals surface area contributed by atoms with Gasteiger partial charge in [-0.2, -0.15) is 0 Å². The molecule has 4 N–H and O–H groups in total. The van der Waals surface area contributed by atoms with E-state index < -0.39 is 0 Å². The van der Waals surface area contributed by atoms with Gasteiger partial charge >= 0.3 is 0 Å². The maximum atomic E-state index is 11.9. The molecule has 26 heavy (non-hydrogen) atoms. The number of aromatic hydroxyl groups is 2. The number of rotatable bonds is 9. The molecule has 0 aliphatic carbocycles. The quantitative estimate of drug-likeness (QED) is 0.519. The molecule has 0 bridgehead atoms. The maximum Gasteiger partial charge on any atom is 0.251 e. The number of hydrogen-bond donors (Lipinski definition) is 4. The highest BCUT2D eigenvalue weighted by Crippen LogP contribution is 2.10. The number of hydrogen-bond acceptors (Lipinski definition) is 4. The Labute approximate surface area is 152 Å². The summed E-state index contributed by atoms with van der Waals surface area (Å²) < 4.78 is 0. The molecule has 0 spiro atoms. The number of benzene rings is 2. The van der Waals surface area contributed by atoms with E-state index in [4.69, 9.17) is 0 Å². The van der Waals surface area contributed by atoms with E-state index in [0.717, 1.165) is 25.7 Å². The van der Waals surface area contributed by atoms with Gasteiger partial charge in [0.2, 0.25) is 0 Å².